The molecular weight excluding hydrogens is 436 g/mol. The molecule has 35 heavy (non-hydrogen) atoms. The first-order chi connectivity index (χ1) is 17.0. The van der Waals surface area contributed by atoms with Gasteiger partial charge in [0.2, 0.25) is 0 Å². The molecule has 0 spiro atoms. The van der Waals surface area contributed by atoms with Gasteiger partial charge in [0, 0.05) is 35.2 Å². The zero-order valence-electron chi connectivity index (χ0n) is 20.9. The first kappa shape index (κ1) is 22.7. The molecule has 2 aliphatic carbocycles. The smallest absolute Gasteiger partial charge is 0.335 e. The Bertz CT molecular complexity index is 1270. The predicted molar refractivity (Wildman–Crippen MR) is 138 cm³/mol. The molecule has 0 radical (unpaired) electrons. The van der Waals surface area contributed by atoms with Gasteiger partial charge in [0.05, 0.1) is 12.7 Å². The summed E-state index contributed by atoms with van der Waals surface area (Å²) in [6.45, 7) is 4.05. The standard InChI is InChI=1S/C30H36N2O3/c1-18-15-28(35-2)26(24-11-13-31-29(18)24)17-32-14-12-20(19-7-8-19)16-27(32)23-9-10-25(30(33)34)22-6-4-3-5-21(22)23/h9-11,13,15,19-20,27,31H,3-8,12,14,16-17H2,1-2H3,(H,33,34)/t20?,27-/m0/s1. The zero-order chi connectivity index (χ0) is 24.1. The van der Waals surface area contributed by atoms with E-state index in [9.17, 15) is 9.90 Å². The van der Waals surface area contributed by atoms with Gasteiger partial charge in [0.25, 0.3) is 0 Å². The zero-order valence-corrected chi connectivity index (χ0v) is 20.9. The fourth-order valence-corrected chi connectivity index (χ4v) is 6.94. The average Bonchev–Trinajstić information content (AvgIpc) is 3.60. The molecule has 1 aromatic heterocycles. The van der Waals surface area contributed by atoms with Crippen molar-refractivity contribution in [3.8, 4) is 5.75 Å². The van der Waals surface area contributed by atoms with Gasteiger partial charge in [-0.25, -0.2) is 4.79 Å². The first-order valence-corrected chi connectivity index (χ1v) is 13.3. The van der Waals surface area contributed by atoms with Gasteiger partial charge in [-0.2, -0.15) is 0 Å². The number of rotatable bonds is 6. The van der Waals surface area contributed by atoms with Gasteiger partial charge in [0.15, 0.2) is 0 Å². The number of carbonyl (C=O) groups is 1. The Morgan fingerprint density at radius 3 is 2.66 bits per heavy atom. The van der Waals surface area contributed by atoms with E-state index < -0.39 is 5.97 Å². The molecule has 6 rings (SSSR count). The number of hydrogen-bond acceptors (Lipinski definition) is 3. The maximum atomic E-state index is 12.0. The lowest BCUT2D eigenvalue weighted by atomic mass is 9.78. The van der Waals surface area contributed by atoms with E-state index in [0.29, 0.717) is 11.6 Å². The van der Waals surface area contributed by atoms with Crippen LogP contribution in [0.15, 0.2) is 30.5 Å². The van der Waals surface area contributed by atoms with Crippen LogP contribution >= 0.6 is 0 Å². The number of nitrogens with one attached hydrogen (secondary N) is 1. The molecular formula is C30H36N2O3. The number of aromatic nitrogens is 1. The predicted octanol–water partition coefficient (Wildman–Crippen LogP) is 6.43. The lowest BCUT2D eigenvalue weighted by Crippen LogP contribution is -2.38. The number of aromatic amines is 1. The van der Waals surface area contributed by atoms with Gasteiger partial charge in [-0.3, -0.25) is 4.90 Å². The Balaban J connectivity index is 1.42. The minimum atomic E-state index is -0.787. The van der Waals surface area contributed by atoms with E-state index in [0.717, 1.165) is 61.9 Å². The van der Waals surface area contributed by atoms with Crippen LogP contribution in [0.2, 0.25) is 0 Å². The molecule has 2 aromatic carbocycles. The first-order valence-electron chi connectivity index (χ1n) is 13.3. The van der Waals surface area contributed by atoms with E-state index in [1.807, 2.05) is 12.3 Å². The molecule has 1 unspecified atom stereocenters. The Labute approximate surface area is 207 Å². The molecule has 2 heterocycles. The van der Waals surface area contributed by atoms with Crippen LogP contribution in [0.5, 0.6) is 5.75 Å². The van der Waals surface area contributed by atoms with Crippen molar-refractivity contribution in [1.29, 1.82) is 0 Å². The summed E-state index contributed by atoms with van der Waals surface area (Å²) < 4.78 is 5.88. The average molecular weight is 473 g/mol. The number of carboxylic acid groups (broad SMARTS) is 1. The normalized spacial score (nSPS) is 22.8. The Morgan fingerprint density at radius 1 is 1.11 bits per heavy atom. The molecule has 5 nitrogen and oxygen atoms in total. The summed E-state index contributed by atoms with van der Waals surface area (Å²) in [4.78, 5) is 18.1. The number of aromatic carboxylic acids is 1. The summed E-state index contributed by atoms with van der Waals surface area (Å²) in [6, 6.07) is 8.69. The number of piperidine rings is 1. The largest absolute Gasteiger partial charge is 0.496 e. The minimum absolute atomic E-state index is 0.323. The van der Waals surface area contributed by atoms with Gasteiger partial charge in [-0.15, -0.1) is 0 Å². The highest BCUT2D eigenvalue weighted by atomic mass is 16.5. The molecule has 5 heteroatoms. The van der Waals surface area contributed by atoms with Crippen molar-refractivity contribution >= 4 is 16.9 Å². The van der Waals surface area contributed by atoms with E-state index in [1.54, 1.807) is 7.11 Å². The maximum Gasteiger partial charge on any atom is 0.335 e. The van der Waals surface area contributed by atoms with E-state index >= 15 is 0 Å². The number of nitrogens with zero attached hydrogens (tertiary/aromatic N) is 1. The maximum absolute atomic E-state index is 12.0. The highest BCUT2D eigenvalue weighted by Crippen LogP contribution is 2.48. The molecule has 2 atom stereocenters. The third-order valence-electron chi connectivity index (χ3n) is 8.90. The summed E-state index contributed by atoms with van der Waals surface area (Å²) in [5.41, 5.74) is 7.95. The second-order valence-corrected chi connectivity index (χ2v) is 10.9. The van der Waals surface area contributed by atoms with Crippen LogP contribution in [0.4, 0.5) is 0 Å². The quantitative estimate of drug-likeness (QED) is 0.434. The van der Waals surface area contributed by atoms with Crippen LogP contribution in [0, 0.1) is 18.8 Å². The van der Waals surface area contributed by atoms with Gasteiger partial charge < -0.3 is 14.8 Å². The fraction of sp³-hybridized carbons (Fsp3) is 0.500. The van der Waals surface area contributed by atoms with Crippen molar-refractivity contribution in [2.45, 2.75) is 70.9 Å². The van der Waals surface area contributed by atoms with E-state index in [2.05, 4.69) is 35.0 Å². The Hall–Kier alpha value is -2.79. The number of aryl methyl sites for hydroxylation is 1. The van der Waals surface area contributed by atoms with Crippen molar-refractivity contribution in [1.82, 2.24) is 9.88 Å². The summed E-state index contributed by atoms with van der Waals surface area (Å²) in [7, 11) is 1.77. The second-order valence-electron chi connectivity index (χ2n) is 10.9. The minimum Gasteiger partial charge on any atom is -0.496 e. The van der Waals surface area contributed by atoms with Crippen molar-refractivity contribution < 1.29 is 14.6 Å². The molecule has 1 saturated carbocycles. The van der Waals surface area contributed by atoms with E-state index in [-0.39, 0.29) is 0 Å². The summed E-state index contributed by atoms with van der Waals surface area (Å²) in [6.07, 6.45) is 11.3. The van der Waals surface area contributed by atoms with E-state index in [4.69, 9.17) is 4.74 Å². The van der Waals surface area contributed by atoms with Gasteiger partial charge in [0.1, 0.15) is 5.75 Å². The van der Waals surface area contributed by atoms with Crippen LogP contribution in [0.1, 0.15) is 82.7 Å². The lowest BCUT2D eigenvalue weighted by molar-refractivity contribution is 0.0694. The third-order valence-corrected chi connectivity index (χ3v) is 8.90. The molecule has 0 amide bonds. The third kappa shape index (κ3) is 4.04. The molecule has 0 bridgehead atoms. The molecule has 3 aliphatic rings. The van der Waals surface area contributed by atoms with Crippen molar-refractivity contribution in [3.05, 3.63) is 63.8 Å². The number of benzene rings is 2. The number of H-pyrrole nitrogens is 1. The monoisotopic (exact) mass is 472 g/mol. The number of carboxylic acids is 1. The number of ether oxygens (including phenoxy) is 1. The Morgan fingerprint density at radius 2 is 1.91 bits per heavy atom. The van der Waals surface area contributed by atoms with Crippen LogP contribution in [0.3, 0.4) is 0 Å². The van der Waals surface area contributed by atoms with Crippen LogP contribution in [-0.2, 0) is 19.4 Å². The fourth-order valence-electron chi connectivity index (χ4n) is 6.94. The topological polar surface area (TPSA) is 65.6 Å². The molecule has 1 aliphatic heterocycles. The van der Waals surface area contributed by atoms with Gasteiger partial charge in [-0.05, 0) is 117 Å². The van der Waals surface area contributed by atoms with Crippen molar-refractivity contribution in [2.75, 3.05) is 13.7 Å². The molecule has 184 valence electrons. The highest BCUT2D eigenvalue weighted by molar-refractivity contribution is 5.90. The highest BCUT2D eigenvalue weighted by Gasteiger charge is 2.39. The van der Waals surface area contributed by atoms with Crippen LogP contribution in [0.25, 0.3) is 10.9 Å². The molecule has 2 N–H and O–H groups in total. The second kappa shape index (κ2) is 9.02. The molecule has 2 fully saturated rings. The van der Waals surface area contributed by atoms with E-state index in [1.165, 1.54) is 58.8 Å². The van der Waals surface area contributed by atoms with Crippen molar-refractivity contribution in [3.63, 3.8) is 0 Å². The number of fused-ring (bicyclic) bond motifs is 2. The summed E-state index contributed by atoms with van der Waals surface area (Å²) in [5, 5.41) is 11.1. The van der Waals surface area contributed by atoms with Crippen molar-refractivity contribution in [2.24, 2.45) is 11.8 Å². The lowest BCUT2D eigenvalue weighted by Gasteiger charge is -2.42. The summed E-state index contributed by atoms with van der Waals surface area (Å²) >= 11 is 0. The van der Waals surface area contributed by atoms with Gasteiger partial charge in [-0.1, -0.05) is 6.07 Å². The Kier molecular flexibility index (Phi) is 5.84. The van der Waals surface area contributed by atoms with Crippen LogP contribution < -0.4 is 4.74 Å². The summed E-state index contributed by atoms with van der Waals surface area (Å²) in [5.74, 6) is 1.84. The van der Waals surface area contributed by atoms with Gasteiger partial charge >= 0.3 is 5.97 Å². The number of likely N-dealkylation sites (tertiary alicyclic amines) is 1. The number of hydrogen-bond donors (Lipinski definition) is 2. The molecule has 3 aromatic rings. The molecule has 1 saturated heterocycles. The number of methoxy groups -OCH3 is 1. The SMILES string of the molecule is COc1cc(C)c2[nH]ccc2c1CN1CCC(C2CC2)C[C@H]1c1ccc(C(=O)O)c2c1CCCC2. The van der Waals surface area contributed by atoms with Crippen LogP contribution in [-0.4, -0.2) is 34.6 Å².